The number of hydrogen-bond acceptors (Lipinski definition) is 8. The van der Waals surface area contributed by atoms with Gasteiger partial charge in [-0.15, -0.1) is 0 Å². The van der Waals surface area contributed by atoms with Gasteiger partial charge in [-0.25, -0.2) is 0 Å². The highest BCUT2D eigenvalue weighted by atomic mass is 32.2. The minimum atomic E-state index is -0.797. The summed E-state index contributed by atoms with van der Waals surface area (Å²) < 4.78 is 16.4. The molecular formula is C12H22N6O2S. The first kappa shape index (κ1) is 15.9. The van der Waals surface area contributed by atoms with Crippen LogP contribution in [0.25, 0.3) is 0 Å². The molecule has 1 saturated heterocycles. The van der Waals surface area contributed by atoms with Crippen LogP contribution in [0.1, 0.15) is 13.3 Å². The topological polar surface area (TPSA) is 106 Å². The predicted octanol–water partition coefficient (Wildman–Crippen LogP) is -0.141. The van der Waals surface area contributed by atoms with Crippen LogP contribution in [0.15, 0.2) is 0 Å². The van der Waals surface area contributed by atoms with Crippen molar-refractivity contribution in [3.05, 3.63) is 0 Å². The van der Waals surface area contributed by atoms with Crippen molar-refractivity contribution in [2.75, 3.05) is 54.3 Å². The monoisotopic (exact) mass is 314 g/mol. The molecule has 2 heterocycles. The van der Waals surface area contributed by atoms with Crippen molar-refractivity contribution in [1.29, 1.82) is 0 Å². The summed E-state index contributed by atoms with van der Waals surface area (Å²) in [6.07, 6.45) is 2.48. The van der Waals surface area contributed by atoms with Crippen LogP contribution < -0.4 is 16.0 Å². The standard InChI is InChI=1S/C12H22N6O2S/c1-9(3-8-21(2)19)14-11-15-10(13)16-12(17-11)18-4-6-20-7-5-18/h9H,3-8H2,1-2H3,(H3,13,14,15,16,17). The van der Waals surface area contributed by atoms with E-state index in [1.165, 1.54) is 0 Å². The highest BCUT2D eigenvalue weighted by molar-refractivity contribution is 7.84. The van der Waals surface area contributed by atoms with E-state index in [2.05, 4.69) is 20.3 Å². The molecule has 9 heteroatoms. The first-order chi connectivity index (χ1) is 10.0. The second kappa shape index (κ2) is 7.51. The minimum Gasteiger partial charge on any atom is -0.378 e. The molecule has 1 aliphatic rings. The van der Waals surface area contributed by atoms with E-state index in [1.54, 1.807) is 6.26 Å². The minimum absolute atomic E-state index is 0.119. The number of nitrogens with two attached hydrogens (primary N) is 1. The normalized spacial score (nSPS) is 18.3. The lowest BCUT2D eigenvalue weighted by atomic mass is 10.3. The molecule has 0 amide bonds. The summed E-state index contributed by atoms with van der Waals surface area (Å²) in [6.45, 7) is 4.81. The number of nitrogen functional groups attached to an aromatic ring is 1. The van der Waals surface area contributed by atoms with E-state index in [4.69, 9.17) is 10.5 Å². The van der Waals surface area contributed by atoms with Gasteiger partial charge in [0.05, 0.1) is 13.2 Å². The molecule has 1 fully saturated rings. The first-order valence-corrected chi connectivity index (χ1v) is 8.68. The predicted molar refractivity (Wildman–Crippen MR) is 83.9 cm³/mol. The van der Waals surface area contributed by atoms with Gasteiger partial charge in [-0.05, 0) is 13.3 Å². The third kappa shape index (κ3) is 5.09. The number of nitrogens with zero attached hydrogens (tertiary/aromatic N) is 4. The SMILES string of the molecule is CC(CCS(C)=O)Nc1nc(N)nc(N2CCOCC2)n1. The van der Waals surface area contributed by atoms with Crippen LogP contribution >= 0.6 is 0 Å². The molecule has 0 spiro atoms. The fourth-order valence-electron chi connectivity index (χ4n) is 1.99. The quantitative estimate of drug-likeness (QED) is 0.747. The van der Waals surface area contributed by atoms with E-state index in [0.29, 0.717) is 30.9 Å². The van der Waals surface area contributed by atoms with Crippen molar-refractivity contribution in [2.45, 2.75) is 19.4 Å². The summed E-state index contributed by atoms with van der Waals surface area (Å²) in [5.74, 6) is 1.86. The summed E-state index contributed by atoms with van der Waals surface area (Å²) in [7, 11) is -0.797. The maximum absolute atomic E-state index is 11.1. The third-order valence-corrected chi connectivity index (χ3v) is 3.96. The molecular weight excluding hydrogens is 292 g/mol. The Labute approximate surface area is 127 Å². The van der Waals surface area contributed by atoms with Gasteiger partial charge >= 0.3 is 0 Å². The number of morpholine rings is 1. The zero-order valence-electron chi connectivity index (χ0n) is 12.4. The molecule has 3 N–H and O–H groups in total. The summed E-state index contributed by atoms with van der Waals surface area (Å²) in [6, 6.07) is 0.119. The van der Waals surface area contributed by atoms with Gasteiger partial charge in [-0.3, -0.25) is 4.21 Å². The number of nitrogens with one attached hydrogen (secondary N) is 1. The highest BCUT2D eigenvalue weighted by Gasteiger charge is 2.16. The Morgan fingerprint density at radius 1 is 1.38 bits per heavy atom. The van der Waals surface area contributed by atoms with Gasteiger partial charge in [0.15, 0.2) is 0 Å². The van der Waals surface area contributed by atoms with Gasteiger partial charge < -0.3 is 20.7 Å². The van der Waals surface area contributed by atoms with Crippen molar-refractivity contribution < 1.29 is 8.95 Å². The van der Waals surface area contributed by atoms with Crippen LogP contribution in [0.3, 0.4) is 0 Å². The van der Waals surface area contributed by atoms with Crippen molar-refractivity contribution in [1.82, 2.24) is 15.0 Å². The summed E-state index contributed by atoms with van der Waals surface area (Å²) in [4.78, 5) is 14.7. The molecule has 2 unspecified atom stereocenters. The van der Waals surface area contributed by atoms with Gasteiger partial charge in [-0.1, -0.05) is 0 Å². The lowest BCUT2D eigenvalue weighted by molar-refractivity contribution is 0.122. The zero-order chi connectivity index (χ0) is 15.2. The Morgan fingerprint density at radius 2 is 2.10 bits per heavy atom. The third-order valence-electron chi connectivity index (χ3n) is 3.15. The largest absolute Gasteiger partial charge is 0.378 e. The molecule has 2 atom stereocenters. The van der Waals surface area contributed by atoms with E-state index < -0.39 is 10.8 Å². The highest BCUT2D eigenvalue weighted by Crippen LogP contribution is 2.14. The van der Waals surface area contributed by atoms with Crippen LogP contribution in [0.2, 0.25) is 0 Å². The molecule has 0 radical (unpaired) electrons. The van der Waals surface area contributed by atoms with Crippen molar-refractivity contribution in [3.63, 3.8) is 0 Å². The zero-order valence-corrected chi connectivity index (χ0v) is 13.2. The molecule has 21 heavy (non-hydrogen) atoms. The van der Waals surface area contributed by atoms with E-state index in [1.807, 2.05) is 11.8 Å². The van der Waals surface area contributed by atoms with Gasteiger partial charge in [0.2, 0.25) is 17.8 Å². The maximum atomic E-state index is 11.1. The number of hydrogen-bond donors (Lipinski definition) is 2. The molecule has 1 aromatic heterocycles. The van der Waals surface area contributed by atoms with E-state index >= 15 is 0 Å². The smallest absolute Gasteiger partial charge is 0.232 e. The number of ether oxygens (including phenoxy) is 1. The lowest BCUT2D eigenvalue weighted by Crippen LogP contribution is -2.37. The lowest BCUT2D eigenvalue weighted by Gasteiger charge is -2.27. The van der Waals surface area contributed by atoms with E-state index in [0.717, 1.165) is 19.5 Å². The van der Waals surface area contributed by atoms with Crippen LogP contribution in [0.5, 0.6) is 0 Å². The molecule has 8 nitrogen and oxygen atoms in total. The molecule has 0 bridgehead atoms. The van der Waals surface area contributed by atoms with Crippen molar-refractivity contribution >= 4 is 28.6 Å². The van der Waals surface area contributed by atoms with Crippen LogP contribution in [0.4, 0.5) is 17.8 Å². The second-order valence-electron chi connectivity index (χ2n) is 5.03. The Hall–Kier alpha value is -1.48. The molecule has 1 aromatic rings. The maximum Gasteiger partial charge on any atom is 0.232 e. The Kier molecular flexibility index (Phi) is 5.68. The average Bonchev–Trinajstić information content (AvgIpc) is 2.45. The molecule has 1 aliphatic heterocycles. The number of anilines is 3. The average molecular weight is 314 g/mol. The Balaban J connectivity index is 2.02. The molecule has 118 valence electrons. The van der Waals surface area contributed by atoms with Crippen LogP contribution in [-0.2, 0) is 15.5 Å². The first-order valence-electron chi connectivity index (χ1n) is 6.95. The Morgan fingerprint density at radius 3 is 2.76 bits per heavy atom. The van der Waals surface area contributed by atoms with Gasteiger partial charge in [0, 0.05) is 41.9 Å². The summed E-state index contributed by atoms with van der Waals surface area (Å²) in [5, 5.41) is 3.18. The fraction of sp³-hybridized carbons (Fsp3) is 0.750. The number of aromatic nitrogens is 3. The second-order valence-corrected chi connectivity index (χ2v) is 6.58. The van der Waals surface area contributed by atoms with Crippen LogP contribution in [0, 0.1) is 0 Å². The molecule has 0 aromatic carbocycles. The molecule has 0 saturated carbocycles. The van der Waals surface area contributed by atoms with Crippen LogP contribution in [-0.4, -0.2) is 63.5 Å². The summed E-state index contributed by atoms with van der Waals surface area (Å²) >= 11 is 0. The van der Waals surface area contributed by atoms with Gasteiger partial charge in [0.25, 0.3) is 0 Å². The number of rotatable bonds is 6. The fourth-order valence-corrected chi connectivity index (χ4v) is 2.67. The van der Waals surface area contributed by atoms with Gasteiger partial charge in [-0.2, -0.15) is 15.0 Å². The summed E-state index contributed by atoms with van der Waals surface area (Å²) in [5.41, 5.74) is 5.76. The molecule has 0 aliphatic carbocycles. The van der Waals surface area contributed by atoms with E-state index in [9.17, 15) is 4.21 Å². The van der Waals surface area contributed by atoms with Crippen molar-refractivity contribution in [3.8, 4) is 0 Å². The van der Waals surface area contributed by atoms with Crippen molar-refractivity contribution in [2.24, 2.45) is 0 Å². The molecule has 2 rings (SSSR count). The van der Waals surface area contributed by atoms with Gasteiger partial charge in [0.1, 0.15) is 0 Å². The Bertz CT molecular complexity index is 495. The van der Waals surface area contributed by atoms with E-state index in [-0.39, 0.29) is 12.0 Å².